The fourth-order valence-corrected chi connectivity index (χ4v) is 5.76. The minimum atomic E-state index is -0.558. The van der Waals surface area contributed by atoms with Crippen molar-refractivity contribution in [3.05, 3.63) is 70.7 Å². The van der Waals surface area contributed by atoms with Gasteiger partial charge in [-0.25, -0.2) is 4.98 Å². The van der Waals surface area contributed by atoms with Crippen LogP contribution in [-0.2, 0) is 7.05 Å². The lowest BCUT2D eigenvalue weighted by atomic mass is 10.4. The van der Waals surface area contributed by atoms with Gasteiger partial charge in [0, 0.05) is 15.0 Å². The molecule has 0 amide bonds. The quantitative estimate of drug-likeness (QED) is 0.495. The smallest absolute Gasteiger partial charge is 0.127 e. The monoisotopic (exact) mass is 392 g/mol. The van der Waals surface area contributed by atoms with E-state index in [0.717, 1.165) is 3.70 Å². The van der Waals surface area contributed by atoms with Crippen LogP contribution < -0.4 is 16.0 Å². The number of hydrogen-bond acceptors (Lipinski definition) is 1. The van der Waals surface area contributed by atoms with Gasteiger partial charge in [0.25, 0.3) is 0 Å². The van der Waals surface area contributed by atoms with E-state index in [-0.39, 0.29) is 0 Å². The first-order valence-corrected chi connectivity index (χ1v) is 8.76. The number of rotatable bonds is 3. The standard InChI is InChI=1S/C16H14IN2P/c1-19-12-18-15(17)16(19)20(13-8-4-2-5-9-13)14-10-6-3-7-11-14/h2-12H,1H3. The van der Waals surface area contributed by atoms with Crippen molar-refractivity contribution in [3.63, 3.8) is 0 Å². The van der Waals surface area contributed by atoms with Crippen molar-refractivity contribution >= 4 is 46.6 Å². The van der Waals surface area contributed by atoms with Gasteiger partial charge < -0.3 is 4.57 Å². The Bertz CT molecular complexity index is 636. The minimum Gasteiger partial charge on any atom is -0.333 e. The van der Waals surface area contributed by atoms with Crippen LogP contribution in [0, 0.1) is 3.70 Å². The second-order valence-corrected chi connectivity index (χ2v) is 7.63. The van der Waals surface area contributed by atoms with Crippen molar-refractivity contribution in [2.24, 2.45) is 7.05 Å². The molecule has 20 heavy (non-hydrogen) atoms. The molecule has 0 aliphatic carbocycles. The zero-order valence-electron chi connectivity index (χ0n) is 11.1. The van der Waals surface area contributed by atoms with Gasteiger partial charge in [0.1, 0.15) is 3.70 Å². The van der Waals surface area contributed by atoms with Crippen LogP contribution in [0.5, 0.6) is 0 Å². The highest BCUT2D eigenvalue weighted by atomic mass is 127. The molecule has 4 heteroatoms. The maximum absolute atomic E-state index is 4.45. The van der Waals surface area contributed by atoms with Crippen LogP contribution in [0.15, 0.2) is 67.0 Å². The van der Waals surface area contributed by atoms with Crippen molar-refractivity contribution in [2.45, 2.75) is 0 Å². The topological polar surface area (TPSA) is 17.8 Å². The van der Waals surface area contributed by atoms with E-state index < -0.39 is 7.92 Å². The highest BCUT2D eigenvalue weighted by Gasteiger charge is 2.22. The van der Waals surface area contributed by atoms with Crippen LogP contribution in [0.25, 0.3) is 0 Å². The summed E-state index contributed by atoms with van der Waals surface area (Å²) >= 11 is 2.33. The summed E-state index contributed by atoms with van der Waals surface area (Å²) in [6.07, 6.45) is 1.90. The highest BCUT2D eigenvalue weighted by molar-refractivity contribution is 14.1. The van der Waals surface area contributed by atoms with Gasteiger partial charge in [0.05, 0.1) is 11.8 Å². The van der Waals surface area contributed by atoms with E-state index in [2.05, 4.69) is 99.9 Å². The number of halogens is 1. The molecule has 0 aliphatic heterocycles. The molecule has 1 heterocycles. The number of nitrogens with zero attached hydrogens (tertiary/aromatic N) is 2. The van der Waals surface area contributed by atoms with Crippen molar-refractivity contribution in [1.82, 2.24) is 9.55 Å². The molecule has 0 saturated carbocycles. The summed E-state index contributed by atoms with van der Waals surface area (Å²) < 4.78 is 3.23. The number of aromatic nitrogens is 2. The van der Waals surface area contributed by atoms with Crippen LogP contribution in [0.4, 0.5) is 0 Å². The van der Waals surface area contributed by atoms with Crippen molar-refractivity contribution < 1.29 is 0 Å². The van der Waals surface area contributed by atoms with Gasteiger partial charge in [-0.15, -0.1) is 0 Å². The summed E-state index contributed by atoms with van der Waals surface area (Å²) in [6.45, 7) is 0. The van der Waals surface area contributed by atoms with Gasteiger partial charge >= 0.3 is 0 Å². The summed E-state index contributed by atoms with van der Waals surface area (Å²) in [5.41, 5.74) is 1.30. The lowest BCUT2D eigenvalue weighted by Gasteiger charge is -2.19. The molecule has 0 fully saturated rings. The van der Waals surface area contributed by atoms with Crippen molar-refractivity contribution in [1.29, 1.82) is 0 Å². The van der Waals surface area contributed by atoms with Gasteiger partial charge in [0.15, 0.2) is 0 Å². The summed E-state index contributed by atoms with van der Waals surface area (Å²) in [7, 11) is 1.52. The van der Waals surface area contributed by atoms with E-state index in [9.17, 15) is 0 Å². The van der Waals surface area contributed by atoms with Gasteiger partial charge in [0.2, 0.25) is 0 Å². The third-order valence-electron chi connectivity index (χ3n) is 3.10. The molecule has 0 atom stereocenters. The molecular formula is C16H14IN2P. The highest BCUT2D eigenvalue weighted by Crippen LogP contribution is 2.33. The van der Waals surface area contributed by atoms with Gasteiger partial charge in [-0.2, -0.15) is 0 Å². The summed E-state index contributed by atoms with van der Waals surface area (Å²) in [5, 5.41) is 2.71. The molecule has 0 spiro atoms. The zero-order valence-corrected chi connectivity index (χ0v) is 14.1. The maximum atomic E-state index is 4.45. The Morgan fingerprint density at radius 1 is 0.900 bits per heavy atom. The molecule has 0 aliphatic rings. The second kappa shape index (κ2) is 6.06. The van der Waals surface area contributed by atoms with E-state index in [0.29, 0.717) is 0 Å². The number of aryl methyl sites for hydroxylation is 1. The third kappa shape index (κ3) is 2.65. The Morgan fingerprint density at radius 2 is 1.40 bits per heavy atom. The van der Waals surface area contributed by atoms with Gasteiger partial charge in [-0.1, -0.05) is 60.7 Å². The van der Waals surface area contributed by atoms with E-state index in [1.807, 2.05) is 6.33 Å². The number of benzene rings is 2. The summed E-state index contributed by atoms with van der Waals surface area (Å²) in [5.74, 6) is 0. The van der Waals surface area contributed by atoms with Gasteiger partial charge in [-0.05, 0) is 33.2 Å². The Labute approximate surface area is 133 Å². The third-order valence-corrected chi connectivity index (χ3v) is 6.90. The molecular weight excluding hydrogens is 378 g/mol. The largest absolute Gasteiger partial charge is 0.333 e. The maximum Gasteiger partial charge on any atom is 0.127 e. The zero-order chi connectivity index (χ0) is 13.9. The molecule has 3 aromatic rings. The average Bonchev–Trinajstić information content (AvgIpc) is 2.82. The Morgan fingerprint density at radius 3 is 1.80 bits per heavy atom. The van der Waals surface area contributed by atoms with Gasteiger partial charge in [-0.3, -0.25) is 0 Å². The molecule has 0 radical (unpaired) electrons. The lowest BCUT2D eigenvalue weighted by molar-refractivity contribution is 0.940. The molecule has 3 rings (SSSR count). The Balaban J connectivity index is 2.20. The van der Waals surface area contributed by atoms with Crippen LogP contribution in [-0.4, -0.2) is 9.55 Å². The number of hydrogen-bond donors (Lipinski definition) is 0. The fourth-order valence-electron chi connectivity index (χ4n) is 2.19. The summed E-state index contributed by atoms with van der Waals surface area (Å²) in [6, 6.07) is 21.4. The van der Waals surface area contributed by atoms with E-state index in [1.54, 1.807) is 0 Å². The van der Waals surface area contributed by atoms with E-state index in [4.69, 9.17) is 0 Å². The number of imidazole rings is 1. The first-order valence-electron chi connectivity index (χ1n) is 6.34. The molecule has 0 bridgehead atoms. The first kappa shape index (κ1) is 13.8. The molecule has 100 valence electrons. The SMILES string of the molecule is Cn1cnc(I)c1P(c1ccccc1)c1ccccc1. The van der Waals surface area contributed by atoms with E-state index in [1.165, 1.54) is 16.0 Å². The fraction of sp³-hybridized carbons (Fsp3) is 0.0625. The second-order valence-electron chi connectivity index (χ2n) is 4.48. The normalized spacial score (nSPS) is 10.9. The molecule has 0 saturated heterocycles. The van der Waals surface area contributed by atoms with Crippen LogP contribution >= 0.6 is 30.5 Å². The lowest BCUT2D eigenvalue weighted by Crippen LogP contribution is -2.26. The van der Waals surface area contributed by atoms with Crippen LogP contribution in [0.1, 0.15) is 0 Å². The molecule has 0 unspecified atom stereocenters. The predicted octanol–water partition coefficient (Wildman–Crippen LogP) is 2.78. The predicted molar refractivity (Wildman–Crippen MR) is 94.6 cm³/mol. The Kier molecular flexibility index (Phi) is 4.18. The molecule has 0 N–H and O–H groups in total. The van der Waals surface area contributed by atoms with Crippen LogP contribution in [0.2, 0.25) is 0 Å². The minimum absolute atomic E-state index is 0.558. The molecule has 2 nitrogen and oxygen atoms in total. The van der Waals surface area contributed by atoms with Crippen molar-refractivity contribution in [3.8, 4) is 0 Å². The molecule has 2 aromatic carbocycles. The van der Waals surface area contributed by atoms with E-state index >= 15 is 0 Å². The van der Waals surface area contributed by atoms with Crippen molar-refractivity contribution in [2.75, 3.05) is 0 Å². The van der Waals surface area contributed by atoms with Crippen LogP contribution in [0.3, 0.4) is 0 Å². The average molecular weight is 392 g/mol. The Hall–Kier alpha value is -1.19. The molecule has 1 aromatic heterocycles. The first-order chi connectivity index (χ1) is 9.77. The summed E-state index contributed by atoms with van der Waals surface area (Å²) in [4.78, 5) is 4.45.